The molecule has 2 N–H and O–H groups in total. The molecule has 0 aliphatic carbocycles. The zero-order valence-electron chi connectivity index (χ0n) is 11.2. The molecule has 1 saturated heterocycles. The Balaban J connectivity index is 1.85. The van der Waals surface area contributed by atoms with E-state index >= 15 is 0 Å². The van der Waals surface area contributed by atoms with Crippen molar-refractivity contribution in [1.29, 1.82) is 0 Å². The molecule has 2 aromatic rings. The van der Waals surface area contributed by atoms with Crippen molar-refractivity contribution >= 4 is 27.6 Å². The lowest BCUT2D eigenvalue weighted by atomic mass is 10.2. The van der Waals surface area contributed by atoms with Gasteiger partial charge >= 0.3 is 0 Å². The van der Waals surface area contributed by atoms with Crippen LogP contribution in [0, 0.1) is 0 Å². The van der Waals surface area contributed by atoms with Crippen molar-refractivity contribution in [3.05, 3.63) is 22.7 Å². The van der Waals surface area contributed by atoms with E-state index < -0.39 is 0 Å². The smallest absolute Gasteiger partial charge is 0.266 e. The summed E-state index contributed by atoms with van der Waals surface area (Å²) in [6.45, 7) is 1.99. The molecule has 0 amide bonds. The Bertz CT molecular complexity index is 591. The van der Waals surface area contributed by atoms with Crippen LogP contribution in [0.2, 0.25) is 0 Å². The van der Waals surface area contributed by atoms with E-state index in [0.29, 0.717) is 17.5 Å². The van der Waals surface area contributed by atoms with Gasteiger partial charge in [0, 0.05) is 23.2 Å². The van der Waals surface area contributed by atoms with Crippen molar-refractivity contribution in [3.8, 4) is 11.5 Å². The highest BCUT2D eigenvalue weighted by Crippen LogP contribution is 2.29. The Labute approximate surface area is 126 Å². The van der Waals surface area contributed by atoms with E-state index in [0.717, 1.165) is 23.1 Å². The van der Waals surface area contributed by atoms with E-state index in [1.807, 2.05) is 18.2 Å². The Morgan fingerprint density at radius 1 is 1.15 bits per heavy atom. The molecule has 1 aromatic carbocycles. The van der Waals surface area contributed by atoms with E-state index in [2.05, 4.69) is 31.0 Å². The van der Waals surface area contributed by atoms with Crippen LogP contribution in [0.3, 0.4) is 0 Å². The molecule has 5 nitrogen and oxygen atoms in total. The highest BCUT2D eigenvalue weighted by molar-refractivity contribution is 9.10. The maximum atomic E-state index is 5.99. The highest BCUT2D eigenvalue weighted by Gasteiger charge is 2.17. The number of hydrogen-bond donors (Lipinski definition) is 1. The molecule has 106 valence electrons. The molecule has 0 bridgehead atoms. The maximum absolute atomic E-state index is 5.99. The second-order valence-corrected chi connectivity index (χ2v) is 5.95. The number of hydrogen-bond acceptors (Lipinski definition) is 5. The predicted molar refractivity (Wildman–Crippen MR) is 82.5 cm³/mol. The number of nitrogens with zero attached hydrogens (tertiary/aromatic N) is 3. The van der Waals surface area contributed by atoms with Gasteiger partial charge < -0.3 is 15.2 Å². The van der Waals surface area contributed by atoms with Crippen molar-refractivity contribution in [3.63, 3.8) is 0 Å². The van der Waals surface area contributed by atoms with Crippen LogP contribution in [-0.2, 0) is 0 Å². The highest BCUT2D eigenvalue weighted by atomic mass is 79.9. The quantitative estimate of drug-likeness (QED) is 0.850. The topological polar surface area (TPSA) is 68.2 Å². The molecule has 0 atom stereocenters. The second-order valence-electron chi connectivity index (χ2n) is 5.03. The van der Waals surface area contributed by atoms with Crippen molar-refractivity contribution < 1.29 is 4.52 Å². The Kier molecular flexibility index (Phi) is 3.91. The van der Waals surface area contributed by atoms with Gasteiger partial charge in [0.1, 0.15) is 0 Å². The molecule has 1 aliphatic rings. The first-order valence-electron chi connectivity index (χ1n) is 6.88. The number of halogens is 1. The fourth-order valence-electron chi connectivity index (χ4n) is 2.45. The second kappa shape index (κ2) is 5.83. The summed E-state index contributed by atoms with van der Waals surface area (Å²) >= 11 is 3.39. The van der Waals surface area contributed by atoms with Gasteiger partial charge in [-0.05, 0) is 36.2 Å². The van der Waals surface area contributed by atoms with Crippen LogP contribution in [0.4, 0.5) is 11.6 Å². The number of rotatable bonds is 2. The first-order chi connectivity index (χ1) is 9.74. The van der Waals surface area contributed by atoms with Crippen LogP contribution < -0.4 is 10.6 Å². The number of aromatic nitrogens is 2. The summed E-state index contributed by atoms with van der Waals surface area (Å²) in [5, 5.41) is 4.09. The maximum Gasteiger partial charge on any atom is 0.266 e. The van der Waals surface area contributed by atoms with Crippen LogP contribution in [0.5, 0.6) is 0 Å². The minimum Gasteiger partial charge on any atom is -0.398 e. The minimum absolute atomic E-state index is 0.481. The third kappa shape index (κ3) is 2.80. The summed E-state index contributed by atoms with van der Waals surface area (Å²) in [4.78, 5) is 6.68. The van der Waals surface area contributed by atoms with Gasteiger partial charge in [0.15, 0.2) is 0 Å². The lowest BCUT2D eigenvalue weighted by molar-refractivity contribution is 0.429. The molecule has 2 heterocycles. The van der Waals surface area contributed by atoms with Crippen LogP contribution >= 0.6 is 15.9 Å². The molecule has 0 radical (unpaired) electrons. The third-order valence-corrected chi connectivity index (χ3v) is 4.04. The fraction of sp³-hybridized carbons (Fsp3) is 0.429. The summed E-state index contributed by atoms with van der Waals surface area (Å²) in [6.07, 6.45) is 4.93. The summed E-state index contributed by atoms with van der Waals surface area (Å²) in [5.41, 5.74) is 7.40. The van der Waals surface area contributed by atoms with E-state index in [1.54, 1.807) is 0 Å². The summed E-state index contributed by atoms with van der Waals surface area (Å²) in [7, 11) is 0. The van der Waals surface area contributed by atoms with Gasteiger partial charge in [-0.1, -0.05) is 28.8 Å². The van der Waals surface area contributed by atoms with E-state index in [-0.39, 0.29) is 0 Å². The molecule has 3 rings (SSSR count). The van der Waals surface area contributed by atoms with E-state index in [4.69, 9.17) is 10.3 Å². The largest absolute Gasteiger partial charge is 0.398 e. The molecule has 0 spiro atoms. The number of nitrogens with two attached hydrogens (primary N) is 1. The normalized spacial score (nSPS) is 16.1. The van der Waals surface area contributed by atoms with Crippen molar-refractivity contribution in [1.82, 2.24) is 10.1 Å². The first-order valence-corrected chi connectivity index (χ1v) is 7.67. The molecule has 6 heteroatoms. The summed E-state index contributed by atoms with van der Waals surface area (Å²) in [6, 6.07) is 5.64. The standard InChI is InChI=1S/C14H17BrN4O/c15-10-5-6-11(12(16)9-10)13-17-14(18-20-13)19-7-3-1-2-4-8-19/h5-6,9H,1-4,7-8,16H2. The van der Waals surface area contributed by atoms with E-state index in [1.165, 1.54) is 25.7 Å². The average Bonchev–Trinajstić information content (AvgIpc) is 2.74. The molecule has 0 saturated carbocycles. The molecule has 1 fully saturated rings. The van der Waals surface area contributed by atoms with Gasteiger partial charge in [-0.3, -0.25) is 0 Å². The molecule has 1 aromatic heterocycles. The molecule has 20 heavy (non-hydrogen) atoms. The summed E-state index contributed by atoms with van der Waals surface area (Å²) in [5.74, 6) is 1.15. The molecular formula is C14H17BrN4O. The number of nitrogen functional groups attached to an aromatic ring is 1. The van der Waals surface area contributed by atoms with Gasteiger partial charge in [0.2, 0.25) is 0 Å². The van der Waals surface area contributed by atoms with Crippen LogP contribution in [0.1, 0.15) is 25.7 Å². The average molecular weight is 337 g/mol. The van der Waals surface area contributed by atoms with Gasteiger partial charge in [-0.15, -0.1) is 0 Å². The monoisotopic (exact) mass is 336 g/mol. The van der Waals surface area contributed by atoms with Crippen molar-refractivity contribution in [2.75, 3.05) is 23.7 Å². The lowest BCUT2D eigenvalue weighted by Crippen LogP contribution is -2.24. The van der Waals surface area contributed by atoms with Crippen LogP contribution in [0.15, 0.2) is 27.2 Å². The Morgan fingerprint density at radius 2 is 1.90 bits per heavy atom. The summed E-state index contributed by atoms with van der Waals surface area (Å²) < 4.78 is 6.30. The van der Waals surface area contributed by atoms with Gasteiger partial charge in [0.05, 0.1) is 5.56 Å². The zero-order valence-corrected chi connectivity index (χ0v) is 12.8. The van der Waals surface area contributed by atoms with Crippen molar-refractivity contribution in [2.24, 2.45) is 0 Å². The van der Waals surface area contributed by atoms with Gasteiger partial charge in [-0.25, -0.2) is 0 Å². The molecular weight excluding hydrogens is 320 g/mol. The number of benzene rings is 1. The minimum atomic E-state index is 0.481. The Hall–Kier alpha value is -1.56. The van der Waals surface area contributed by atoms with Gasteiger partial charge in [-0.2, -0.15) is 4.98 Å². The zero-order chi connectivity index (χ0) is 13.9. The third-order valence-electron chi connectivity index (χ3n) is 3.55. The first kappa shape index (κ1) is 13.4. The van der Waals surface area contributed by atoms with E-state index in [9.17, 15) is 0 Å². The SMILES string of the molecule is Nc1cc(Br)ccc1-c1nc(N2CCCCCC2)no1. The van der Waals surface area contributed by atoms with Crippen LogP contribution in [0.25, 0.3) is 11.5 Å². The van der Waals surface area contributed by atoms with Crippen LogP contribution in [-0.4, -0.2) is 23.2 Å². The molecule has 0 unspecified atom stereocenters. The fourth-order valence-corrected chi connectivity index (χ4v) is 2.83. The van der Waals surface area contributed by atoms with Gasteiger partial charge in [0.25, 0.3) is 11.8 Å². The molecule has 1 aliphatic heterocycles. The Morgan fingerprint density at radius 3 is 2.60 bits per heavy atom. The number of anilines is 2. The predicted octanol–water partition coefficient (Wildman–Crippen LogP) is 3.46. The lowest BCUT2D eigenvalue weighted by Gasteiger charge is -2.16. The van der Waals surface area contributed by atoms with Crippen molar-refractivity contribution in [2.45, 2.75) is 25.7 Å².